The zero-order chi connectivity index (χ0) is 13.5. The van der Waals surface area contributed by atoms with Crippen LogP contribution in [0.2, 0.25) is 0 Å². The fourth-order valence-corrected chi connectivity index (χ4v) is 1.25. The molecule has 0 aliphatic carbocycles. The summed E-state index contributed by atoms with van der Waals surface area (Å²) in [5, 5.41) is 25.5. The normalized spacial score (nSPS) is 11.2. The number of unbranched alkanes of at least 4 members (excludes halogenated alkanes) is 3. The van der Waals surface area contributed by atoms with Crippen molar-refractivity contribution < 1.29 is 20.1 Å². The van der Waals surface area contributed by atoms with E-state index in [1.165, 1.54) is 0 Å². The Labute approximate surface area is 104 Å². The van der Waals surface area contributed by atoms with Gasteiger partial charge in [0.15, 0.2) is 0 Å². The standard InChI is InChI=1S/C10H22O2.C3H4O2/c1-2-3-7-10(12)8-5-4-6-9-11;1-2-3(4)5/h10-12H,2-9H2,1H3;2H,1H2,(H,4,5). The van der Waals surface area contributed by atoms with Crippen molar-refractivity contribution in [2.24, 2.45) is 0 Å². The van der Waals surface area contributed by atoms with E-state index >= 15 is 0 Å². The number of rotatable bonds is 9. The first kappa shape index (κ1) is 18.5. The zero-order valence-corrected chi connectivity index (χ0v) is 10.8. The van der Waals surface area contributed by atoms with Crippen molar-refractivity contribution in [1.29, 1.82) is 0 Å². The van der Waals surface area contributed by atoms with Crippen molar-refractivity contribution in [3.05, 3.63) is 12.7 Å². The Morgan fingerprint density at radius 1 is 1.24 bits per heavy atom. The summed E-state index contributed by atoms with van der Waals surface area (Å²) in [6.07, 6.45) is 7.82. The van der Waals surface area contributed by atoms with Crippen LogP contribution < -0.4 is 0 Å². The minimum Gasteiger partial charge on any atom is -0.478 e. The van der Waals surface area contributed by atoms with Gasteiger partial charge in [0.2, 0.25) is 0 Å². The Hall–Kier alpha value is -0.870. The summed E-state index contributed by atoms with van der Waals surface area (Å²) in [5.41, 5.74) is 0. The summed E-state index contributed by atoms with van der Waals surface area (Å²) in [6.45, 7) is 5.38. The second-order valence-corrected chi connectivity index (χ2v) is 3.91. The summed E-state index contributed by atoms with van der Waals surface area (Å²) in [4.78, 5) is 9.25. The Morgan fingerprint density at radius 2 is 1.76 bits per heavy atom. The van der Waals surface area contributed by atoms with Gasteiger partial charge >= 0.3 is 5.97 Å². The van der Waals surface area contributed by atoms with Crippen LogP contribution in [0.5, 0.6) is 0 Å². The summed E-state index contributed by atoms with van der Waals surface area (Å²) in [7, 11) is 0. The minimum absolute atomic E-state index is 0.108. The first-order valence-electron chi connectivity index (χ1n) is 6.22. The van der Waals surface area contributed by atoms with Crippen molar-refractivity contribution in [2.75, 3.05) is 6.61 Å². The Morgan fingerprint density at radius 3 is 2.18 bits per heavy atom. The fraction of sp³-hybridized carbons (Fsp3) is 0.769. The summed E-state index contributed by atoms with van der Waals surface area (Å²) < 4.78 is 0. The molecule has 0 saturated carbocycles. The van der Waals surface area contributed by atoms with Crippen molar-refractivity contribution in [2.45, 2.75) is 58.0 Å². The molecule has 0 bridgehead atoms. The molecule has 17 heavy (non-hydrogen) atoms. The van der Waals surface area contributed by atoms with Gasteiger partial charge in [0.05, 0.1) is 6.10 Å². The molecule has 0 aromatic carbocycles. The van der Waals surface area contributed by atoms with Crippen LogP contribution in [-0.4, -0.2) is 34.0 Å². The maximum atomic E-state index is 9.42. The second-order valence-electron chi connectivity index (χ2n) is 3.91. The quantitative estimate of drug-likeness (QED) is 0.431. The van der Waals surface area contributed by atoms with Gasteiger partial charge in [-0.1, -0.05) is 39.2 Å². The molecular formula is C13H26O4. The molecule has 0 aliphatic rings. The number of carboxylic acids is 1. The van der Waals surface area contributed by atoms with Gasteiger partial charge in [-0.3, -0.25) is 0 Å². The van der Waals surface area contributed by atoms with Gasteiger partial charge in [-0.05, 0) is 19.3 Å². The van der Waals surface area contributed by atoms with Gasteiger partial charge in [0, 0.05) is 12.7 Å². The topological polar surface area (TPSA) is 77.8 Å². The highest BCUT2D eigenvalue weighted by molar-refractivity contribution is 5.78. The van der Waals surface area contributed by atoms with Crippen LogP contribution in [0.3, 0.4) is 0 Å². The number of aliphatic carboxylic acids is 1. The van der Waals surface area contributed by atoms with Crippen LogP contribution in [0.25, 0.3) is 0 Å². The van der Waals surface area contributed by atoms with Gasteiger partial charge in [-0.2, -0.15) is 0 Å². The number of hydrogen-bond acceptors (Lipinski definition) is 3. The molecule has 0 aliphatic heterocycles. The molecule has 1 atom stereocenters. The number of hydrogen-bond donors (Lipinski definition) is 3. The lowest BCUT2D eigenvalue weighted by Gasteiger charge is -2.08. The van der Waals surface area contributed by atoms with Crippen molar-refractivity contribution in [1.82, 2.24) is 0 Å². The number of carboxylic acid groups (broad SMARTS) is 1. The zero-order valence-electron chi connectivity index (χ0n) is 10.8. The van der Waals surface area contributed by atoms with Crippen LogP contribution in [0.4, 0.5) is 0 Å². The van der Waals surface area contributed by atoms with E-state index in [4.69, 9.17) is 10.2 Å². The summed E-state index contributed by atoms with van der Waals surface area (Å²) >= 11 is 0. The number of carbonyl (C=O) groups is 1. The maximum absolute atomic E-state index is 9.42. The third-order valence-electron chi connectivity index (χ3n) is 2.26. The molecule has 0 aromatic heterocycles. The molecule has 0 heterocycles. The molecule has 3 N–H and O–H groups in total. The van der Waals surface area contributed by atoms with E-state index in [1.807, 2.05) is 0 Å². The summed E-state index contributed by atoms with van der Waals surface area (Å²) in [5.74, 6) is -0.981. The lowest BCUT2D eigenvalue weighted by Crippen LogP contribution is -2.05. The number of aliphatic hydroxyl groups is 2. The first-order valence-corrected chi connectivity index (χ1v) is 6.22. The van der Waals surface area contributed by atoms with Crippen molar-refractivity contribution in [3.8, 4) is 0 Å². The average Bonchev–Trinajstić information content (AvgIpc) is 2.32. The van der Waals surface area contributed by atoms with E-state index in [9.17, 15) is 9.90 Å². The molecule has 0 radical (unpaired) electrons. The monoisotopic (exact) mass is 246 g/mol. The predicted octanol–water partition coefficient (Wildman–Crippen LogP) is 2.35. The highest BCUT2D eigenvalue weighted by Gasteiger charge is 2.01. The van der Waals surface area contributed by atoms with E-state index < -0.39 is 5.97 Å². The van der Waals surface area contributed by atoms with E-state index in [1.54, 1.807) is 0 Å². The predicted molar refractivity (Wildman–Crippen MR) is 68.9 cm³/mol. The van der Waals surface area contributed by atoms with Crippen LogP contribution in [0, 0.1) is 0 Å². The first-order chi connectivity index (χ1) is 8.08. The molecule has 0 fully saturated rings. The molecule has 0 saturated heterocycles. The van der Waals surface area contributed by atoms with E-state index in [-0.39, 0.29) is 12.7 Å². The lowest BCUT2D eigenvalue weighted by molar-refractivity contribution is -0.131. The molecule has 102 valence electrons. The Balaban J connectivity index is 0. The summed E-state index contributed by atoms with van der Waals surface area (Å²) in [6, 6.07) is 0. The van der Waals surface area contributed by atoms with E-state index in [0.29, 0.717) is 0 Å². The third kappa shape index (κ3) is 21.1. The van der Waals surface area contributed by atoms with Gasteiger partial charge in [-0.25, -0.2) is 4.79 Å². The van der Waals surface area contributed by atoms with Gasteiger partial charge in [0.1, 0.15) is 0 Å². The van der Waals surface area contributed by atoms with Gasteiger partial charge < -0.3 is 15.3 Å². The molecule has 0 amide bonds. The fourth-order valence-electron chi connectivity index (χ4n) is 1.25. The third-order valence-corrected chi connectivity index (χ3v) is 2.26. The minimum atomic E-state index is -0.981. The number of aliphatic hydroxyl groups excluding tert-OH is 2. The smallest absolute Gasteiger partial charge is 0.327 e. The van der Waals surface area contributed by atoms with Crippen molar-refractivity contribution >= 4 is 5.97 Å². The second kappa shape index (κ2) is 15.1. The Kier molecular flexibility index (Phi) is 16.5. The largest absolute Gasteiger partial charge is 0.478 e. The van der Waals surface area contributed by atoms with Crippen LogP contribution >= 0.6 is 0 Å². The van der Waals surface area contributed by atoms with Crippen LogP contribution in [-0.2, 0) is 4.79 Å². The van der Waals surface area contributed by atoms with Crippen molar-refractivity contribution in [3.63, 3.8) is 0 Å². The van der Waals surface area contributed by atoms with E-state index in [2.05, 4.69) is 13.5 Å². The van der Waals surface area contributed by atoms with E-state index in [0.717, 1.165) is 51.0 Å². The SMILES string of the molecule is C=CC(=O)O.CCCCC(O)CCCCCO. The molecule has 0 spiro atoms. The van der Waals surface area contributed by atoms with Crippen LogP contribution in [0.15, 0.2) is 12.7 Å². The van der Waals surface area contributed by atoms with Gasteiger partial charge in [0.25, 0.3) is 0 Å². The molecule has 0 aromatic rings. The highest BCUT2D eigenvalue weighted by atomic mass is 16.4. The molecule has 4 heteroatoms. The molecule has 0 rings (SSSR count). The molecule has 4 nitrogen and oxygen atoms in total. The lowest BCUT2D eigenvalue weighted by atomic mass is 10.1. The van der Waals surface area contributed by atoms with Crippen LogP contribution in [0.1, 0.15) is 51.9 Å². The highest BCUT2D eigenvalue weighted by Crippen LogP contribution is 2.08. The average molecular weight is 246 g/mol. The molecular weight excluding hydrogens is 220 g/mol. The Bertz CT molecular complexity index is 180. The molecule has 1 unspecified atom stereocenters. The van der Waals surface area contributed by atoms with Gasteiger partial charge in [-0.15, -0.1) is 0 Å². The maximum Gasteiger partial charge on any atom is 0.327 e.